The van der Waals surface area contributed by atoms with Gasteiger partial charge in [-0.15, -0.1) is 0 Å². The number of hydrogen-bond donors (Lipinski definition) is 0. The largest absolute Gasteiger partial charge is 0.466 e. The van der Waals surface area contributed by atoms with Gasteiger partial charge in [-0.25, -0.2) is 4.79 Å². The monoisotopic (exact) mass is 297 g/mol. The van der Waals surface area contributed by atoms with Crippen molar-refractivity contribution in [2.24, 2.45) is 17.8 Å². The molecule has 0 aromatic rings. The molecule has 1 aliphatic carbocycles. The number of fused-ring (bicyclic) bond motifs is 2. The molecule has 0 aromatic carbocycles. The fourth-order valence-corrected chi connectivity index (χ4v) is 3.54. The number of nitrogens with zero attached hydrogens (tertiary/aromatic N) is 1. The molecule has 1 amide bonds. The Bertz CT molecular complexity index is 388. The Morgan fingerprint density at radius 1 is 1.14 bits per heavy atom. The lowest BCUT2D eigenvalue weighted by Crippen LogP contribution is -2.54. The van der Waals surface area contributed by atoms with Crippen molar-refractivity contribution < 1.29 is 19.1 Å². The van der Waals surface area contributed by atoms with Gasteiger partial charge in [0.1, 0.15) is 5.60 Å². The standard InChI is InChI=1S/C16H27NO4/c1-5-20-14(18)13-11-7-6-8-12(13)10-17(9-11)15(19)21-16(2,3)4/h11-13H,5-10H2,1-4H3. The van der Waals surface area contributed by atoms with Crippen molar-refractivity contribution in [1.29, 1.82) is 0 Å². The first-order chi connectivity index (χ1) is 9.81. The quantitative estimate of drug-likeness (QED) is 0.735. The van der Waals surface area contributed by atoms with Crippen LogP contribution in [0.15, 0.2) is 0 Å². The minimum absolute atomic E-state index is 0.0441. The summed E-state index contributed by atoms with van der Waals surface area (Å²) < 4.78 is 10.7. The number of rotatable bonds is 2. The van der Waals surface area contributed by atoms with Gasteiger partial charge in [0, 0.05) is 13.1 Å². The molecule has 21 heavy (non-hydrogen) atoms. The SMILES string of the molecule is CCOC(=O)C1C2CCCC1CN(C(=O)OC(C)(C)C)C2. The van der Waals surface area contributed by atoms with Crippen molar-refractivity contribution in [1.82, 2.24) is 4.90 Å². The highest BCUT2D eigenvalue weighted by molar-refractivity contribution is 5.74. The number of ether oxygens (including phenoxy) is 2. The summed E-state index contributed by atoms with van der Waals surface area (Å²) in [7, 11) is 0. The number of piperidine rings is 1. The lowest BCUT2D eigenvalue weighted by Gasteiger charge is -2.45. The van der Waals surface area contributed by atoms with Crippen LogP contribution in [0.5, 0.6) is 0 Å². The van der Waals surface area contributed by atoms with Crippen LogP contribution in [-0.4, -0.2) is 42.3 Å². The van der Waals surface area contributed by atoms with E-state index in [-0.39, 0.29) is 29.8 Å². The molecule has 0 N–H and O–H groups in total. The Labute approximate surface area is 127 Å². The Hall–Kier alpha value is -1.26. The van der Waals surface area contributed by atoms with Crippen LogP contribution in [-0.2, 0) is 14.3 Å². The summed E-state index contributed by atoms with van der Waals surface area (Å²) in [5.74, 6) is 0.293. The average molecular weight is 297 g/mol. The summed E-state index contributed by atoms with van der Waals surface area (Å²) in [5.41, 5.74) is -0.482. The molecular formula is C16H27NO4. The second-order valence-corrected chi connectivity index (χ2v) is 7.11. The van der Waals surface area contributed by atoms with Crippen LogP contribution in [0, 0.1) is 17.8 Å². The van der Waals surface area contributed by atoms with Crippen LogP contribution in [0.1, 0.15) is 47.0 Å². The fraction of sp³-hybridized carbons (Fsp3) is 0.875. The summed E-state index contributed by atoms with van der Waals surface area (Å²) in [5, 5.41) is 0. The summed E-state index contributed by atoms with van der Waals surface area (Å²) in [6, 6.07) is 0. The first-order valence-corrected chi connectivity index (χ1v) is 7.96. The van der Waals surface area contributed by atoms with E-state index in [2.05, 4.69) is 0 Å². The van der Waals surface area contributed by atoms with Gasteiger partial charge in [0.25, 0.3) is 0 Å². The van der Waals surface area contributed by atoms with Gasteiger partial charge in [0.15, 0.2) is 0 Å². The van der Waals surface area contributed by atoms with Gasteiger partial charge < -0.3 is 14.4 Å². The van der Waals surface area contributed by atoms with Gasteiger partial charge in [-0.1, -0.05) is 6.42 Å². The Kier molecular flexibility index (Phi) is 4.79. The number of carbonyl (C=O) groups is 2. The van der Waals surface area contributed by atoms with Gasteiger partial charge in [-0.2, -0.15) is 0 Å². The van der Waals surface area contributed by atoms with Crippen molar-refractivity contribution in [3.05, 3.63) is 0 Å². The van der Waals surface area contributed by atoms with E-state index < -0.39 is 5.60 Å². The predicted octanol–water partition coefficient (Wildman–Crippen LogP) is 2.83. The Morgan fingerprint density at radius 3 is 2.19 bits per heavy atom. The Morgan fingerprint density at radius 2 is 1.71 bits per heavy atom. The van der Waals surface area contributed by atoms with Crippen molar-refractivity contribution in [3.8, 4) is 0 Å². The third-order valence-corrected chi connectivity index (χ3v) is 4.29. The fourth-order valence-electron chi connectivity index (χ4n) is 3.54. The average Bonchev–Trinajstić information content (AvgIpc) is 2.35. The molecule has 2 fully saturated rings. The summed E-state index contributed by atoms with van der Waals surface area (Å²) in [4.78, 5) is 26.2. The second kappa shape index (κ2) is 6.24. The molecule has 0 radical (unpaired) electrons. The van der Waals surface area contributed by atoms with Crippen LogP contribution in [0.2, 0.25) is 0 Å². The number of amides is 1. The summed E-state index contributed by atoms with van der Waals surface area (Å²) in [6.45, 7) is 9.09. The highest BCUT2D eigenvalue weighted by atomic mass is 16.6. The second-order valence-electron chi connectivity index (χ2n) is 7.11. The number of carbonyl (C=O) groups excluding carboxylic acids is 2. The van der Waals surface area contributed by atoms with Crippen molar-refractivity contribution >= 4 is 12.1 Å². The lowest BCUT2D eigenvalue weighted by molar-refractivity contribution is -0.157. The van der Waals surface area contributed by atoms with Crippen LogP contribution in [0.3, 0.4) is 0 Å². The zero-order valence-electron chi connectivity index (χ0n) is 13.6. The third kappa shape index (κ3) is 3.89. The maximum Gasteiger partial charge on any atom is 0.410 e. The normalized spacial score (nSPS) is 29.0. The number of likely N-dealkylation sites (tertiary alicyclic amines) is 1. The number of esters is 1. The van der Waals surface area contributed by atoms with E-state index in [0.29, 0.717) is 19.7 Å². The molecule has 5 heteroatoms. The third-order valence-electron chi connectivity index (χ3n) is 4.29. The number of hydrogen-bond acceptors (Lipinski definition) is 4. The smallest absolute Gasteiger partial charge is 0.410 e. The van der Waals surface area contributed by atoms with Crippen LogP contribution in [0.25, 0.3) is 0 Å². The zero-order chi connectivity index (χ0) is 15.6. The van der Waals surface area contributed by atoms with Gasteiger partial charge in [-0.05, 0) is 52.4 Å². The van der Waals surface area contributed by atoms with E-state index in [1.165, 1.54) is 0 Å². The highest BCUT2D eigenvalue weighted by Crippen LogP contribution is 2.40. The molecule has 0 aromatic heterocycles. The van der Waals surface area contributed by atoms with E-state index in [0.717, 1.165) is 19.3 Å². The van der Waals surface area contributed by atoms with Gasteiger partial charge in [-0.3, -0.25) is 4.79 Å². The van der Waals surface area contributed by atoms with Crippen molar-refractivity contribution in [2.75, 3.05) is 19.7 Å². The van der Waals surface area contributed by atoms with Gasteiger partial charge in [0.2, 0.25) is 0 Å². The van der Waals surface area contributed by atoms with Crippen molar-refractivity contribution in [2.45, 2.75) is 52.6 Å². The van der Waals surface area contributed by atoms with E-state index >= 15 is 0 Å². The maximum atomic E-state index is 12.2. The topological polar surface area (TPSA) is 55.8 Å². The van der Waals surface area contributed by atoms with E-state index in [4.69, 9.17) is 9.47 Å². The van der Waals surface area contributed by atoms with Crippen LogP contribution < -0.4 is 0 Å². The highest BCUT2D eigenvalue weighted by Gasteiger charge is 2.45. The molecule has 0 spiro atoms. The molecule has 120 valence electrons. The first kappa shape index (κ1) is 16.1. The molecule has 2 aliphatic rings. The zero-order valence-corrected chi connectivity index (χ0v) is 13.6. The molecule has 2 bridgehead atoms. The maximum absolute atomic E-state index is 12.2. The predicted molar refractivity (Wildman–Crippen MR) is 78.8 cm³/mol. The van der Waals surface area contributed by atoms with E-state index in [9.17, 15) is 9.59 Å². The lowest BCUT2D eigenvalue weighted by atomic mass is 9.69. The molecule has 1 saturated carbocycles. The molecular weight excluding hydrogens is 270 g/mol. The molecule has 2 atom stereocenters. The van der Waals surface area contributed by atoms with Crippen LogP contribution in [0.4, 0.5) is 4.79 Å². The molecule has 2 unspecified atom stereocenters. The Balaban J connectivity index is 2.04. The summed E-state index contributed by atoms with van der Waals surface area (Å²) in [6.07, 6.45) is 2.84. The van der Waals surface area contributed by atoms with Crippen molar-refractivity contribution in [3.63, 3.8) is 0 Å². The molecule has 1 heterocycles. The molecule has 5 nitrogen and oxygen atoms in total. The minimum atomic E-state index is -0.482. The van der Waals surface area contributed by atoms with E-state index in [1.807, 2.05) is 27.7 Å². The first-order valence-electron chi connectivity index (χ1n) is 7.96. The minimum Gasteiger partial charge on any atom is -0.466 e. The van der Waals surface area contributed by atoms with Crippen LogP contribution >= 0.6 is 0 Å². The van der Waals surface area contributed by atoms with E-state index in [1.54, 1.807) is 4.90 Å². The molecule has 1 saturated heterocycles. The van der Waals surface area contributed by atoms with Gasteiger partial charge >= 0.3 is 12.1 Å². The molecule has 2 rings (SSSR count). The molecule has 1 aliphatic heterocycles. The summed E-state index contributed by atoms with van der Waals surface area (Å²) >= 11 is 0. The van der Waals surface area contributed by atoms with Gasteiger partial charge in [0.05, 0.1) is 12.5 Å².